The second kappa shape index (κ2) is 14.3. The van der Waals surface area contributed by atoms with Crippen LogP contribution in [0.3, 0.4) is 0 Å². The third kappa shape index (κ3) is 7.78. The lowest BCUT2D eigenvalue weighted by Gasteiger charge is -2.36. The molecule has 1 aliphatic rings. The normalized spacial score (nSPS) is 12.9. The molecule has 2 aromatic carbocycles. The van der Waals surface area contributed by atoms with Crippen LogP contribution in [0.25, 0.3) is 0 Å². The summed E-state index contributed by atoms with van der Waals surface area (Å²) in [5, 5.41) is 9.18. The first-order chi connectivity index (χ1) is 20.9. The average Bonchev–Trinajstić information content (AvgIpc) is 3.05. The van der Waals surface area contributed by atoms with Gasteiger partial charge in [-0.25, -0.2) is 4.98 Å². The predicted molar refractivity (Wildman–Crippen MR) is 175 cm³/mol. The molecule has 3 heterocycles. The number of rotatable bonds is 8. The number of thioether (sulfide) groups is 1. The Bertz CT molecular complexity index is 1600. The zero-order valence-corrected chi connectivity index (χ0v) is 25.7. The Morgan fingerprint density at radius 2 is 1.65 bits per heavy atom. The number of nitrogens with zero attached hydrogens (tertiary/aromatic N) is 5. The number of nitrogens with one attached hydrogen (secondary N) is 3. The van der Waals surface area contributed by atoms with Gasteiger partial charge in [0, 0.05) is 62.6 Å². The molecule has 0 radical (unpaired) electrons. The van der Waals surface area contributed by atoms with Crippen molar-refractivity contribution in [3.8, 4) is 0 Å². The van der Waals surface area contributed by atoms with Gasteiger partial charge in [-0.05, 0) is 54.1 Å². The van der Waals surface area contributed by atoms with Crippen molar-refractivity contribution in [1.82, 2.24) is 30.1 Å². The summed E-state index contributed by atoms with van der Waals surface area (Å²) in [4.78, 5) is 42.2. The number of aromatic nitrogens is 3. The minimum Gasteiger partial charge on any atom is -0.355 e. The highest BCUT2D eigenvalue weighted by Gasteiger charge is 2.23. The minimum absolute atomic E-state index is 0.0226. The number of hydrogen-bond donors (Lipinski definition) is 3. The van der Waals surface area contributed by atoms with Gasteiger partial charge in [-0.3, -0.25) is 14.6 Å². The molecule has 1 saturated heterocycles. The van der Waals surface area contributed by atoms with E-state index in [1.165, 1.54) is 11.8 Å². The Balaban J connectivity index is 1.16. The number of thiocarbonyl (C=S) groups is 1. The van der Waals surface area contributed by atoms with Gasteiger partial charge < -0.3 is 25.8 Å². The van der Waals surface area contributed by atoms with Crippen LogP contribution >= 0.6 is 35.6 Å². The van der Waals surface area contributed by atoms with Crippen LogP contribution in [-0.2, 0) is 5.75 Å². The summed E-state index contributed by atoms with van der Waals surface area (Å²) >= 11 is 13.6. The summed E-state index contributed by atoms with van der Waals surface area (Å²) in [5.41, 5.74) is 3.49. The van der Waals surface area contributed by atoms with Crippen LogP contribution in [0, 0.1) is 0 Å². The van der Waals surface area contributed by atoms with Gasteiger partial charge in [0.05, 0.1) is 17.4 Å². The van der Waals surface area contributed by atoms with E-state index in [0.717, 1.165) is 10.1 Å². The smallest absolute Gasteiger partial charge is 0.253 e. The van der Waals surface area contributed by atoms with Crippen LogP contribution in [-0.4, -0.2) is 74.1 Å². The number of anilines is 4. The third-order valence-corrected chi connectivity index (χ3v) is 8.59. The Hall–Kier alpha value is -4.26. The molecule has 2 amide bonds. The van der Waals surface area contributed by atoms with E-state index in [1.807, 2.05) is 23.1 Å². The standard InChI is InChI=1S/C30H29ClN8O2S2/c1-32-27(40)23-4-2-3-5-25(23)36-26-24(31)18-34-29(37-26)35-22-8-6-21(7-9-22)28(41)38-14-16-39(17-15-38)30(42)43-19-20-10-12-33-13-11-20/h2-13,18H,14-17,19H2,1H3,(H,32,40)(H2,34,35,36,37). The van der Waals surface area contributed by atoms with Crippen LogP contribution in [0.1, 0.15) is 26.3 Å². The number of amides is 2. The van der Waals surface area contributed by atoms with Gasteiger partial charge >= 0.3 is 0 Å². The Labute approximate surface area is 264 Å². The average molecular weight is 633 g/mol. The first kappa shape index (κ1) is 30.2. The molecule has 0 unspecified atom stereocenters. The number of pyridine rings is 1. The van der Waals surface area contributed by atoms with E-state index in [4.69, 9.17) is 23.8 Å². The summed E-state index contributed by atoms with van der Waals surface area (Å²) < 4.78 is 0.845. The Morgan fingerprint density at radius 1 is 0.953 bits per heavy atom. The summed E-state index contributed by atoms with van der Waals surface area (Å²) in [7, 11) is 1.57. The highest BCUT2D eigenvalue weighted by molar-refractivity contribution is 8.22. The van der Waals surface area contributed by atoms with E-state index in [2.05, 4.69) is 35.8 Å². The molecule has 1 aliphatic heterocycles. The number of carbonyl (C=O) groups is 2. The number of halogens is 1. The van der Waals surface area contributed by atoms with Gasteiger partial charge in [0.15, 0.2) is 5.82 Å². The fraction of sp³-hybridized carbons (Fsp3) is 0.200. The van der Waals surface area contributed by atoms with Crippen LogP contribution in [0.4, 0.5) is 23.1 Å². The van der Waals surface area contributed by atoms with Gasteiger partial charge in [0.2, 0.25) is 5.95 Å². The van der Waals surface area contributed by atoms with E-state index in [1.54, 1.807) is 73.7 Å². The first-order valence-electron chi connectivity index (χ1n) is 13.5. The molecule has 10 nitrogen and oxygen atoms in total. The minimum atomic E-state index is -0.234. The van der Waals surface area contributed by atoms with Gasteiger partial charge in [-0.1, -0.05) is 47.7 Å². The molecule has 43 heavy (non-hydrogen) atoms. The lowest BCUT2D eigenvalue weighted by Crippen LogP contribution is -2.49. The highest BCUT2D eigenvalue weighted by atomic mass is 35.5. The van der Waals surface area contributed by atoms with Crippen LogP contribution in [0.2, 0.25) is 5.02 Å². The number of benzene rings is 2. The van der Waals surface area contributed by atoms with Gasteiger partial charge in [-0.2, -0.15) is 4.98 Å². The second-order valence-electron chi connectivity index (χ2n) is 9.53. The summed E-state index contributed by atoms with van der Waals surface area (Å²) in [6.07, 6.45) is 5.04. The molecular weight excluding hydrogens is 604 g/mol. The van der Waals surface area contributed by atoms with Crippen molar-refractivity contribution in [2.45, 2.75) is 5.75 Å². The molecule has 4 aromatic rings. The van der Waals surface area contributed by atoms with E-state index in [0.29, 0.717) is 65.5 Å². The lowest BCUT2D eigenvalue weighted by molar-refractivity contribution is 0.0694. The van der Waals surface area contributed by atoms with E-state index < -0.39 is 0 Å². The van der Waals surface area contributed by atoms with Crippen LogP contribution in [0.15, 0.2) is 79.3 Å². The molecule has 0 aliphatic carbocycles. The summed E-state index contributed by atoms with van der Waals surface area (Å²) in [5.74, 6) is 1.19. The van der Waals surface area contributed by atoms with Crippen molar-refractivity contribution in [2.24, 2.45) is 0 Å². The maximum Gasteiger partial charge on any atom is 0.253 e. The van der Waals surface area contributed by atoms with Crippen molar-refractivity contribution < 1.29 is 9.59 Å². The van der Waals surface area contributed by atoms with Gasteiger partial charge in [0.1, 0.15) is 9.34 Å². The van der Waals surface area contributed by atoms with E-state index in [-0.39, 0.29) is 11.8 Å². The molecule has 0 atom stereocenters. The topological polar surface area (TPSA) is 115 Å². The van der Waals surface area contributed by atoms with Crippen molar-refractivity contribution in [3.63, 3.8) is 0 Å². The summed E-state index contributed by atoms with van der Waals surface area (Å²) in [6.45, 7) is 2.61. The molecule has 0 bridgehead atoms. The molecule has 1 fully saturated rings. The van der Waals surface area contributed by atoms with Crippen molar-refractivity contribution >= 4 is 74.9 Å². The molecule has 3 N–H and O–H groups in total. The third-order valence-electron chi connectivity index (χ3n) is 6.72. The Kier molecular flexibility index (Phi) is 10.0. The molecule has 220 valence electrons. The van der Waals surface area contributed by atoms with Gasteiger partial charge in [0.25, 0.3) is 11.8 Å². The number of para-hydroxylation sites is 1. The lowest BCUT2D eigenvalue weighted by atomic mass is 10.1. The quantitative estimate of drug-likeness (QED) is 0.220. The molecule has 0 saturated carbocycles. The SMILES string of the molecule is CNC(=O)c1ccccc1Nc1nc(Nc2ccc(C(=O)N3CCN(C(=S)SCc4ccncc4)CC3)cc2)ncc1Cl. The summed E-state index contributed by atoms with van der Waals surface area (Å²) in [6, 6.07) is 18.2. The largest absolute Gasteiger partial charge is 0.355 e. The van der Waals surface area contributed by atoms with E-state index in [9.17, 15) is 9.59 Å². The molecular formula is C30H29ClN8O2S2. The molecule has 13 heteroatoms. The Morgan fingerprint density at radius 3 is 2.37 bits per heavy atom. The predicted octanol–water partition coefficient (Wildman–Crippen LogP) is 5.35. The highest BCUT2D eigenvalue weighted by Crippen LogP contribution is 2.27. The fourth-order valence-corrected chi connectivity index (χ4v) is 5.73. The van der Waals surface area contributed by atoms with Gasteiger partial charge in [-0.15, -0.1) is 0 Å². The van der Waals surface area contributed by atoms with Crippen LogP contribution in [0.5, 0.6) is 0 Å². The zero-order chi connectivity index (χ0) is 30.2. The first-order valence-corrected chi connectivity index (χ1v) is 15.3. The second-order valence-corrected chi connectivity index (χ2v) is 11.5. The fourth-order valence-electron chi connectivity index (χ4n) is 4.38. The number of hydrogen-bond acceptors (Lipinski definition) is 9. The molecule has 0 spiro atoms. The monoisotopic (exact) mass is 632 g/mol. The molecule has 5 rings (SSSR count). The zero-order valence-electron chi connectivity index (χ0n) is 23.3. The van der Waals surface area contributed by atoms with Crippen molar-refractivity contribution in [1.29, 1.82) is 0 Å². The molecule has 2 aromatic heterocycles. The van der Waals surface area contributed by atoms with Crippen LogP contribution < -0.4 is 16.0 Å². The number of carbonyl (C=O) groups excluding carboxylic acids is 2. The number of piperazine rings is 1. The maximum atomic E-state index is 13.2. The van der Waals surface area contributed by atoms with E-state index >= 15 is 0 Å². The maximum absolute atomic E-state index is 13.2. The van der Waals surface area contributed by atoms with Crippen molar-refractivity contribution in [3.05, 3.63) is 101 Å². The van der Waals surface area contributed by atoms with Crippen molar-refractivity contribution in [2.75, 3.05) is 43.9 Å².